The first-order chi connectivity index (χ1) is 9.83. The minimum Gasteiger partial charge on any atom is -0.482 e. The molecule has 0 fully saturated rings. The highest BCUT2D eigenvalue weighted by atomic mass is 32.2. The summed E-state index contributed by atoms with van der Waals surface area (Å²) in [6.45, 7) is 1.43. The van der Waals surface area contributed by atoms with Crippen LogP contribution in [0.25, 0.3) is 0 Å². The lowest BCUT2D eigenvalue weighted by Gasteiger charge is -2.19. The molecule has 0 unspecified atom stereocenters. The number of fused-ring (bicyclic) bond motifs is 1. The molecule has 3 N–H and O–H groups in total. The Hall–Kier alpha value is -2.13. The van der Waals surface area contributed by atoms with Crippen LogP contribution in [0, 0.1) is 0 Å². The molecule has 0 aliphatic carbocycles. The van der Waals surface area contributed by atoms with Crippen molar-refractivity contribution < 1.29 is 27.9 Å². The number of amides is 1. The van der Waals surface area contributed by atoms with Crippen LogP contribution in [0.1, 0.15) is 13.3 Å². The van der Waals surface area contributed by atoms with Crippen molar-refractivity contribution in [3.05, 3.63) is 18.2 Å². The van der Waals surface area contributed by atoms with E-state index < -0.39 is 22.0 Å². The van der Waals surface area contributed by atoms with Crippen molar-refractivity contribution in [2.45, 2.75) is 24.3 Å². The highest BCUT2D eigenvalue weighted by molar-refractivity contribution is 7.89. The summed E-state index contributed by atoms with van der Waals surface area (Å²) in [7, 11) is -4.01. The molecule has 1 aliphatic heterocycles. The number of carboxylic acid groups (broad SMARTS) is 1. The lowest BCUT2D eigenvalue weighted by atomic mass is 10.2. The van der Waals surface area contributed by atoms with Gasteiger partial charge in [0, 0.05) is 0 Å². The van der Waals surface area contributed by atoms with Crippen molar-refractivity contribution in [3.63, 3.8) is 0 Å². The lowest BCUT2D eigenvalue weighted by molar-refractivity contribution is -0.139. The molecule has 8 nitrogen and oxygen atoms in total. The monoisotopic (exact) mass is 314 g/mol. The molecule has 1 aromatic carbocycles. The molecule has 0 aromatic heterocycles. The Morgan fingerprint density at radius 1 is 1.52 bits per heavy atom. The minimum absolute atomic E-state index is 0.110. The number of carbonyl (C=O) groups is 2. The van der Waals surface area contributed by atoms with Gasteiger partial charge in [0.15, 0.2) is 6.61 Å². The van der Waals surface area contributed by atoms with Crippen LogP contribution >= 0.6 is 0 Å². The van der Waals surface area contributed by atoms with Gasteiger partial charge in [0.25, 0.3) is 5.91 Å². The standard InChI is InChI=1S/C12H14N2O6S/c1-2-8(12(16)17)14-21(18,19)7-3-4-10-9(5-7)13-11(15)6-20-10/h3-5,8,14H,2,6H2,1H3,(H,13,15)(H,16,17)/t8-/m1/s1. The largest absolute Gasteiger partial charge is 0.482 e. The minimum atomic E-state index is -4.01. The zero-order chi connectivity index (χ0) is 15.6. The van der Waals surface area contributed by atoms with E-state index in [2.05, 4.69) is 10.0 Å². The first-order valence-corrected chi connectivity index (χ1v) is 7.63. The molecule has 1 atom stereocenters. The molecule has 1 heterocycles. The van der Waals surface area contributed by atoms with Gasteiger partial charge in [-0.05, 0) is 24.6 Å². The molecule has 0 bridgehead atoms. The molecular weight excluding hydrogens is 300 g/mol. The van der Waals surface area contributed by atoms with E-state index in [1.807, 2.05) is 0 Å². The van der Waals surface area contributed by atoms with Crippen LogP contribution in [0.15, 0.2) is 23.1 Å². The first kappa shape index (κ1) is 15.3. The second-order valence-electron chi connectivity index (χ2n) is 4.42. The van der Waals surface area contributed by atoms with Crippen molar-refractivity contribution >= 4 is 27.6 Å². The van der Waals surface area contributed by atoms with Crippen LogP contribution in [-0.4, -0.2) is 38.0 Å². The van der Waals surface area contributed by atoms with E-state index in [1.54, 1.807) is 6.92 Å². The third kappa shape index (κ3) is 3.31. The van der Waals surface area contributed by atoms with E-state index in [4.69, 9.17) is 9.84 Å². The molecule has 0 saturated heterocycles. The Balaban J connectivity index is 2.30. The number of sulfonamides is 1. The van der Waals surface area contributed by atoms with Gasteiger partial charge in [-0.1, -0.05) is 6.92 Å². The zero-order valence-corrected chi connectivity index (χ0v) is 11.9. The summed E-state index contributed by atoms with van der Waals surface area (Å²) in [5, 5.41) is 11.4. The molecule has 0 saturated carbocycles. The van der Waals surface area contributed by atoms with Gasteiger partial charge in [0.05, 0.1) is 10.6 Å². The Morgan fingerprint density at radius 2 is 2.24 bits per heavy atom. The fraction of sp³-hybridized carbons (Fsp3) is 0.333. The second kappa shape index (κ2) is 5.70. The fourth-order valence-corrected chi connectivity index (χ4v) is 3.09. The molecule has 114 valence electrons. The number of hydrogen-bond acceptors (Lipinski definition) is 5. The third-order valence-corrected chi connectivity index (χ3v) is 4.37. The Labute approximate surface area is 121 Å². The van der Waals surface area contributed by atoms with Crippen molar-refractivity contribution in [2.75, 3.05) is 11.9 Å². The fourth-order valence-electron chi connectivity index (χ4n) is 1.79. The van der Waals surface area contributed by atoms with Crippen molar-refractivity contribution in [1.29, 1.82) is 0 Å². The predicted octanol–water partition coefficient (Wildman–Crippen LogP) is 0.159. The summed E-state index contributed by atoms with van der Waals surface area (Å²) in [5.74, 6) is -1.28. The quantitative estimate of drug-likeness (QED) is 0.711. The molecule has 1 amide bonds. The van der Waals surface area contributed by atoms with Gasteiger partial charge in [0.1, 0.15) is 11.8 Å². The maximum Gasteiger partial charge on any atom is 0.321 e. The predicted molar refractivity (Wildman–Crippen MR) is 72.6 cm³/mol. The zero-order valence-electron chi connectivity index (χ0n) is 11.1. The number of anilines is 1. The first-order valence-electron chi connectivity index (χ1n) is 6.15. The Morgan fingerprint density at radius 3 is 2.86 bits per heavy atom. The van der Waals surface area contributed by atoms with Crippen LogP contribution < -0.4 is 14.8 Å². The SMILES string of the molecule is CC[C@@H](NS(=O)(=O)c1ccc2c(c1)NC(=O)CO2)C(=O)O. The second-order valence-corrected chi connectivity index (χ2v) is 6.13. The van der Waals surface area contributed by atoms with E-state index in [-0.39, 0.29) is 29.5 Å². The van der Waals surface area contributed by atoms with E-state index in [0.717, 1.165) is 0 Å². The number of nitrogens with one attached hydrogen (secondary N) is 2. The van der Waals surface area contributed by atoms with Crippen LogP contribution in [0.4, 0.5) is 5.69 Å². The molecule has 1 aromatic rings. The maximum atomic E-state index is 12.1. The number of carbonyl (C=O) groups excluding carboxylic acids is 1. The number of aliphatic carboxylic acids is 1. The number of carboxylic acids is 1. The number of benzene rings is 1. The number of hydrogen-bond donors (Lipinski definition) is 3. The van der Waals surface area contributed by atoms with Crippen molar-refractivity contribution in [3.8, 4) is 5.75 Å². The average Bonchev–Trinajstić information content (AvgIpc) is 2.43. The van der Waals surface area contributed by atoms with Crippen LogP contribution in [-0.2, 0) is 19.6 Å². The van der Waals surface area contributed by atoms with Crippen molar-refractivity contribution in [1.82, 2.24) is 4.72 Å². The molecule has 0 spiro atoms. The highest BCUT2D eigenvalue weighted by Crippen LogP contribution is 2.30. The summed E-state index contributed by atoms with van der Waals surface area (Å²) < 4.78 is 31.5. The van der Waals surface area contributed by atoms with Gasteiger partial charge in [-0.25, -0.2) is 8.42 Å². The van der Waals surface area contributed by atoms with Crippen LogP contribution in [0.2, 0.25) is 0 Å². The van der Waals surface area contributed by atoms with E-state index in [9.17, 15) is 18.0 Å². The van der Waals surface area contributed by atoms with Crippen molar-refractivity contribution in [2.24, 2.45) is 0 Å². The summed E-state index contributed by atoms with van der Waals surface area (Å²) >= 11 is 0. The summed E-state index contributed by atoms with van der Waals surface area (Å²) in [6.07, 6.45) is 0.110. The number of rotatable bonds is 5. The third-order valence-electron chi connectivity index (χ3n) is 2.90. The maximum absolute atomic E-state index is 12.1. The summed E-state index contributed by atoms with van der Waals surface area (Å²) in [5.41, 5.74) is 0.234. The van der Waals surface area contributed by atoms with Gasteiger partial charge in [0.2, 0.25) is 10.0 Å². The summed E-state index contributed by atoms with van der Waals surface area (Å²) in [6, 6.07) is 2.71. The van der Waals surface area contributed by atoms with Gasteiger partial charge in [-0.2, -0.15) is 4.72 Å². The molecule has 1 aliphatic rings. The summed E-state index contributed by atoms with van der Waals surface area (Å²) in [4.78, 5) is 22.0. The topological polar surface area (TPSA) is 122 Å². The molecule has 0 radical (unpaired) electrons. The average molecular weight is 314 g/mol. The lowest BCUT2D eigenvalue weighted by Crippen LogP contribution is -2.40. The van der Waals surface area contributed by atoms with Gasteiger partial charge < -0.3 is 15.2 Å². The van der Waals surface area contributed by atoms with E-state index in [1.165, 1.54) is 18.2 Å². The van der Waals surface area contributed by atoms with Crippen LogP contribution in [0.5, 0.6) is 5.75 Å². The van der Waals surface area contributed by atoms with Gasteiger partial charge >= 0.3 is 5.97 Å². The molecule has 9 heteroatoms. The molecule has 2 rings (SSSR count). The highest BCUT2D eigenvalue weighted by Gasteiger charge is 2.25. The molecular formula is C12H14N2O6S. The smallest absolute Gasteiger partial charge is 0.321 e. The normalized spacial score (nSPS) is 15.6. The Bertz CT molecular complexity index is 685. The molecule has 21 heavy (non-hydrogen) atoms. The number of ether oxygens (including phenoxy) is 1. The van der Waals surface area contributed by atoms with E-state index in [0.29, 0.717) is 5.75 Å². The Kier molecular flexibility index (Phi) is 4.14. The van der Waals surface area contributed by atoms with E-state index >= 15 is 0 Å². The van der Waals surface area contributed by atoms with Crippen LogP contribution in [0.3, 0.4) is 0 Å². The van der Waals surface area contributed by atoms with Gasteiger partial charge in [-0.15, -0.1) is 0 Å². The van der Waals surface area contributed by atoms with Gasteiger partial charge in [-0.3, -0.25) is 9.59 Å².